The van der Waals surface area contributed by atoms with Crippen molar-refractivity contribution in [3.8, 4) is 0 Å². The van der Waals surface area contributed by atoms with Crippen molar-refractivity contribution >= 4 is 17.8 Å². The lowest BCUT2D eigenvalue weighted by atomic mass is 10.2. The maximum absolute atomic E-state index is 12.6. The SMILES string of the molecule is CCOC(=O)N1CCN(C(=O)c2ccc(NCCCN(C)C)nc2)CC1. The van der Waals surface area contributed by atoms with Crippen LogP contribution >= 0.6 is 0 Å². The van der Waals surface area contributed by atoms with E-state index in [2.05, 4.69) is 15.2 Å². The van der Waals surface area contributed by atoms with E-state index in [1.54, 1.807) is 29.0 Å². The van der Waals surface area contributed by atoms with Crippen LogP contribution in [0.3, 0.4) is 0 Å². The van der Waals surface area contributed by atoms with Crippen molar-refractivity contribution in [3.63, 3.8) is 0 Å². The predicted octanol–water partition coefficient (Wildman–Crippen LogP) is 1.36. The molecule has 1 saturated heterocycles. The molecule has 2 rings (SSSR count). The monoisotopic (exact) mass is 363 g/mol. The summed E-state index contributed by atoms with van der Waals surface area (Å²) in [4.78, 5) is 34.1. The zero-order valence-corrected chi connectivity index (χ0v) is 15.9. The topological polar surface area (TPSA) is 78.0 Å². The summed E-state index contributed by atoms with van der Waals surface area (Å²) in [5.41, 5.74) is 0.563. The summed E-state index contributed by atoms with van der Waals surface area (Å²) in [5.74, 6) is 0.715. The highest BCUT2D eigenvalue weighted by Gasteiger charge is 2.25. The van der Waals surface area contributed by atoms with Crippen molar-refractivity contribution in [3.05, 3.63) is 23.9 Å². The summed E-state index contributed by atoms with van der Waals surface area (Å²) >= 11 is 0. The Kier molecular flexibility index (Phi) is 7.65. The maximum atomic E-state index is 12.6. The Labute approximate surface area is 155 Å². The van der Waals surface area contributed by atoms with E-state index in [0.717, 1.165) is 25.3 Å². The Morgan fingerprint density at radius 1 is 1.19 bits per heavy atom. The highest BCUT2D eigenvalue weighted by molar-refractivity contribution is 5.94. The van der Waals surface area contributed by atoms with E-state index in [0.29, 0.717) is 38.3 Å². The highest BCUT2D eigenvalue weighted by Crippen LogP contribution is 2.11. The number of amides is 2. The predicted molar refractivity (Wildman–Crippen MR) is 100 cm³/mol. The summed E-state index contributed by atoms with van der Waals surface area (Å²) in [6.07, 6.45) is 2.32. The van der Waals surface area contributed by atoms with E-state index < -0.39 is 0 Å². The van der Waals surface area contributed by atoms with Gasteiger partial charge < -0.3 is 24.8 Å². The van der Waals surface area contributed by atoms with Gasteiger partial charge in [0.15, 0.2) is 0 Å². The molecule has 8 heteroatoms. The Balaban J connectivity index is 1.80. The van der Waals surface area contributed by atoms with Gasteiger partial charge >= 0.3 is 6.09 Å². The second-order valence-corrected chi connectivity index (χ2v) is 6.49. The zero-order chi connectivity index (χ0) is 18.9. The van der Waals surface area contributed by atoms with Gasteiger partial charge in [-0.2, -0.15) is 0 Å². The largest absolute Gasteiger partial charge is 0.450 e. The molecule has 1 aliphatic rings. The molecule has 0 atom stereocenters. The fourth-order valence-electron chi connectivity index (χ4n) is 2.73. The van der Waals surface area contributed by atoms with Gasteiger partial charge in [0.1, 0.15) is 5.82 Å². The minimum atomic E-state index is -0.314. The van der Waals surface area contributed by atoms with Gasteiger partial charge in [-0.1, -0.05) is 0 Å². The fourth-order valence-corrected chi connectivity index (χ4v) is 2.73. The molecule has 1 fully saturated rings. The molecule has 1 aromatic heterocycles. The molecule has 0 spiro atoms. The first-order valence-corrected chi connectivity index (χ1v) is 9.07. The highest BCUT2D eigenvalue weighted by atomic mass is 16.6. The molecule has 0 saturated carbocycles. The molecule has 0 aliphatic carbocycles. The number of carbonyl (C=O) groups excluding carboxylic acids is 2. The van der Waals surface area contributed by atoms with Crippen LogP contribution in [0.1, 0.15) is 23.7 Å². The Morgan fingerprint density at radius 2 is 1.88 bits per heavy atom. The fraction of sp³-hybridized carbons (Fsp3) is 0.611. The Bertz CT molecular complexity index is 583. The van der Waals surface area contributed by atoms with E-state index in [4.69, 9.17) is 4.74 Å². The molecule has 1 aromatic rings. The molecule has 8 nitrogen and oxygen atoms in total. The summed E-state index contributed by atoms with van der Waals surface area (Å²) < 4.78 is 4.99. The molecule has 0 bridgehead atoms. The molecule has 144 valence electrons. The first kappa shape index (κ1) is 20.0. The quantitative estimate of drug-likeness (QED) is 0.737. The summed E-state index contributed by atoms with van der Waals surface area (Å²) in [6.45, 7) is 5.98. The number of hydrogen-bond acceptors (Lipinski definition) is 6. The number of pyridine rings is 1. The summed E-state index contributed by atoms with van der Waals surface area (Å²) in [7, 11) is 4.09. The average molecular weight is 363 g/mol. The van der Waals surface area contributed by atoms with E-state index >= 15 is 0 Å². The van der Waals surface area contributed by atoms with Crippen molar-refractivity contribution in [2.75, 3.05) is 65.3 Å². The van der Waals surface area contributed by atoms with Crippen LogP contribution in [-0.2, 0) is 4.74 Å². The van der Waals surface area contributed by atoms with Gasteiger partial charge in [0.05, 0.1) is 12.2 Å². The third kappa shape index (κ3) is 5.87. The smallest absolute Gasteiger partial charge is 0.409 e. The normalized spacial score (nSPS) is 14.5. The van der Waals surface area contributed by atoms with Crippen LogP contribution < -0.4 is 5.32 Å². The molecule has 2 heterocycles. The second-order valence-electron chi connectivity index (χ2n) is 6.49. The van der Waals surface area contributed by atoms with Gasteiger partial charge in [-0.25, -0.2) is 9.78 Å². The number of ether oxygens (including phenoxy) is 1. The molecular weight excluding hydrogens is 334 g/mol. The molecule has 0 unspecified atom stereocenters. The van der Waals surface area contributed by atoms with E-state index in [-0.39, 0.29) is 12.0 Å². The van der Waals surface area contributed by atoms with Gasteiger partial charge in [0.25, 0.3) is 5.91 Å². The molecular formula is C18H29N5O3. The molecule has 26 heavy (non-hydrogen) atoms. The van der Waals surface area contributed by atoms with Crippen molar-refractivity contribution in [1.82, 2.24) is 19.7 Å². The summed E-state index contributed by atoms with van der Waals surface area (Å²) in [5, 5.41) is 3.26. The molecule has 1 aliphatic heterocycles. The van der Waals surface area contributed by atoms with Gasteiger partial charge in [0, 0.05) is 38.9 Å². The zero-order valence-electron chi connectivity index (χ0n) is 15.9. The average Bonchev–Trinajstić information content (AvgIpc) is 2.65. The minimum Gasteiger partial charge on any atom is -0.450 e. The summed E-state index contributed by atoms with van der Waals surface area (Å²) in [6, 6.07) is 3.62. The van der Waals surface area contributed by atoms with Crippen LogP contribution in [-0.4, -0.2) is 91.7 Å². The van der Waals surface area contributed by atoms with Crippen LogP contribution in [0.25, 0.3) is 0 Å². The number of aromatic nitrogens is 1. The van der Waals surface area contributed by atoms with Crippen LogP contribution in [0.5, 0.6) is 0 Å². The Morgan fingerprint density at radius 3 is 2.46 bits per heavy atom. The lowest BCUT2D eigenvalue weighted by molar-refractivity contribution is 0.0570. The lowest BCUT2D eigenvalue weighted by Gasteiger charge is -2.34. The first-order chi connectivity index (χ1) is 12.5. The number of rotatable bonds is 7. The van der Waals surface area contributed by atoms with Crippen LogP contribution in [0.2, 0.25) is 0 Å². The van der Waals surface area contributed by atoms with Gasteiger partial charge in [-0.05, 0) is 46.1 Å². The van der Waals surface area contributed by atoms with E-state index in [1.165, 1.54) is 0 Å². The molecule has 0 aromatic carbocycles. The second kappa shape index (κ2) is 9.96. The third-order valence-corrected chi connectivity index (χ3v) is 4.19. The Hall–Kier alpha value is -2.35. The number of nitrogens with zero attached hydrogens (tertiary/aromatic N) is 4. The molecule has 1 N–H and O–H groups in total. The lowest BCUT2D eigenvalue weighted by Crippen LogP contribution is -2.50. The standard InChI is InChI=1S/C18H29N5O3/c1-4-26-18(25)23-12-10-22(11-13-23)17(24)15-6-7-16(20-14-15)19-8-5-9-21(2)3/h6-7,14H,4-5,8-13H2,1-3H3,(H,19,20). The number of anilines is 1. The minimum absolute atomic E-state index is 0.0554. The van der Waals surface area contributed by atoms with Crippen molar-refractivity contribution in [2.24, 2.45) is 0 Å². The number of carbonyl (C=O) groups is 2. The maximum Gasteiger partial charge on any atom is 0.409 e. The number of hydrogen-bond donors (Lipinski definition) is 1. The van der Waals surface area contributed by atoms with Crippen LogP contribution in [0, 0.1) is 0 Å². The van der Waals surface area contributed by atoms with Crippen molar-refractivity contribution in [2.45, 2.75) is 13.3 Å². The molecule has 0 radical (unpaired) electrons. The number of nitrogens with one attached hydrogen (secondary N) is 1. The van der Waals surface area contributed by atoms with E-state index in [9.17, 15) is 9.59 Å². The molecule has 2 amide bonds. The van der Waals surface area contributed by atoms with Crippen molar-refractivity contribution < 1.29 is 14.3 Å². The van der Waals surface area contributed by atoms with Crippen molar-refractivity contribution in [1.29, 1.82) is 0 Å². The van der Waals surface area contributed by atoms with Gasteiger partial charge in [-0.15, -0.1) is 0 Å². The number of piperazine rings is 1. The van der Waals surface area contributed by atoms with E-state index in [1.807, 2.05) is 20.2 Å². The first-order valence-electron chi connectivity index (χ1n) is 9.07. The van der Waals surface area contributed by atoms with Gasteiger partial charge in [-0.3, -0.25) is 4.79 Å². The van der Waals surface area contributed by atoms with Gasteiger partial charge in [0.2, 0.25) is 0 Å². The van der Waals surface area contributed by atoms with Crippen LogP contribution in [0.4, 0.5) is 10.6 Å². The van der Waals surface area contributed by atoms with Crippen LogP contribution in [0.15, 0.2) is 18.3 Å². The third-order valence-electron chi connectivity index (χ3n) is 4.19.